The minimum absolute atomic E-state index is 0.768. The molecule has 1 N–H and O–H groups in total. The van der Waals surface area contributed by atoms with E-state index in [0.717, 1.165) is 30.4 Å². The third kappa shape index (κ3) is 2.80. The number of benzene rings is 1. The first-order valence-electron chi connectivity index (χ1n) is 6.40. The highest BCUT2D eigenvalue weighted by atomic mass is 32.2. The van der Waals surface area contributed by atoms with Crippen molar-refractivity contribution in [3.63, 3.8) is 0 Å². The maximum Gasteiger partial charge on any atom is 0.210 e. The summed E-state index contributed by atoms with van der Waals surface area (Å²) in [5.74, 6) is 0. The Balaban J connectivity index is 1.56. The third-order valence-electron chi connectivity index (χ3n) is 2.84. The highest BCUT2D eigenvalue weighted by Gasteiger charge is 2.11. The first-order chi connectivity index (χ1) is 10.9. The second-order valence-corrected chi connectivity index (χ2v) is 7.39. The van der Waals surface area contributed by atoms with E-state index in [2.05, 4.69) is 25.5 Å². The van der Waals surface area contributed by atoms with Gasteiger partial charge in [-0.3, -0.25) is 0 Å². The van der Waals surface area contributed by atoms with Crippen molar-refractivity contribution < 1.29 is 0 Å². The Bertz CT molecular complexity index is 903. The molecule has 0 fully saturated rings. The van der Waals surface area contributed by atoms with Gasteiger partial charge in [0, 0.05) is 11.1 Å². The second kappa shape index (κ2) is 5.99. The van der Waals surface area contributed by atoms with Crippen LogP contribution in [0.5, 0.6) is 0 Å². The molecular formula is C14H9N5S3. The van der Waals surface area contributed by atoms with Gasteiger partial charge in [-0.05, 0) is 35.3 Å². The summed E-state index contributed by atoms with van der Waals surface area (Å²) >= 11 is 4.63. The van der Waals surface area contributed by atoms with Gasteiger partial charge in [0.2, 0.25) is 5.13 Å². The van der Waals surface area contributed by atoms with Gasteiger partial charge in [0.15, 0.2) is 4.34 Å². The van der Waals surface area contributed by atoms with Gasteiger partial charge in [0.25, 0.3) is 0 Å². The summed E-state index contributed by atoms with van der Waals surface area (Å²) in [6.07, 6.45) is 1.59. The number of fused-ring (bicyclic) bond motifs is 1. The predicted molar refractivity (Wildman–Crippen MR) is 91.2 cm³/mol. The zero-order valence-electron chi connectivity index (χ0n) is 11.1. The Hall–Kier alpha value is -2.03. The molecule has 0 aliphatic carbocycles. The zero-order valence-corrected chi connectivity index (χ0v) is 13.6. The van der Waals surface area contributed by atoms with Crippen molar-refractivity contribution in [2.24, 2.45) is 0 Å². The van der Waals surface area contributed by atoms with Crippen LogP contribution in [0.2, 0.25) is 0 Å². The lowest BCUT2D eigenvalue weighted by Gasteiger charge is -1.99. The summed E-state index contributed by atoms with van der Waals surface area (Å²) in [7, 11) is 0. The Morgan fingerprint density at radius 2 is 1.91 bits per heavy atom. The molecule has 22 heavy (non-hydrogen) atoms. The van der Waals surface area contributed by atoms with Crippen molar-refractivity contribution in [1.29, 1.82) is 0 Å². The van der Waals surface area contributed by atoms with Crippen LogP contribution in [-0.2, 0) is 0 Å². The van der Waals surface area contributed by atoms with Crippen LogP contribution in [0.15, 0.2) is 57.5 Å². The number of aromatic nitrogens is 4. The lowest BCUT2D eigenvalue weighted by molar-refractivity contribution is 1.01. The largest absolute Gasteiger partial charge is 0.330 e. The minimum atomic E-state index is 0.768. The molecule has 4 rings (SSSR count). The predicted octanol–water partition coefficient (Wildman–Crippen LogP) is 4.44. The monoisotopic (exact) mass is 343 g/mol. The van der Waals surface area contributed by atoms with Crippen LogP contribution < -0.4 is 5.32 Å². The molecule has 3 aromatic heterocycles. The van der Waals surface area contributed by atoms with E-state index in [1.165, 1.54) is 23.1 Å². The molecule has 3 heterocycles. The average molecular weight is 343 g/mol. The molecule has 0 saturated carbocycles. The molecule has 0 aliphatic rings. The summed E-state index contributed by atoms with van der Waals surface area (Å²) in [5, 5.41) is 16.4. The number of nitrogens with zero attached hydrogens (tertiary/aromatic N) is 4. The van der Waals surface area contributed by atoms with E-state index in [4.69, 9.17) is 0 Å². The molecule has 0 bridgehead atoms. The van der Waals surface area contributed by atoms with Crippen LogP contribution in [0.4, 0.5) is 10.8 Å². The van der Waals surface area contributed by atoms with Crippen LogP contribution in [0.3, 0.4) is 0 Å². The van der Waals surface area contributed by atoms with E-state index in [1.54, 1.807) is 17.7 Å². The third-order valence-corrected chi connectivity index (χ3v) is 5.57. The summed E-state index contributed by atoms with van der Waals surface area (Å²) in [6, 6.07) is 12.0. The van der Waals surface area contributed by atoms with Crippen molar-refractivity contribution in [1.82, 2.24) is 20.2 Å². The average Bonchev–Trinajstić information content (AvgIpc) is 3.18. The maximum absolute atomic E-state index is 4.34. The normalized spacial score (nSPS) is 10.9. The first-order valence-corrected chi connectivity index (χ1v) is 8.91. The number of thiophene rings is 1. The number of para-hydroxylation sites is 1. The smallest absolute Gasteiger partial charge is 0.210 e. The molecule has 4 aromatic rings. The van der Waals surface area contributed by atoms with Gasteiger partial charge >= 0.3 is 0 Å². The fourth-order valence-corrected chi connectivity index (χ4v) is 4.43. The van der Waals surface area contributed by atoms with Gasteiger partial charge in [-0.25, -0.2) is 9.97 Å². The second-order valence-electron chi connectivity index (χ2n) is 4.28. The van der Waals surface area contributed by atoms with Gasteiger partial charge in [-0.15, -0.1) is 21.5 Å². The van der Waals surface area contributed by atoms with Gasteiger partial charge in [0.05, 0.1) is 0 Å². The van der Waals surface area contributed by atoms with Gasteiger partial charge < -0.3 is 5.32 Å². The van der Waals surface area contributed by atoms with Crippen molar-refractivity contribution in [3.05, 3.63) is 48.1 Å². The summed E-state index contributed by atoms with van der Waals surface area (Å²) in [6.45, 7) is 0. The molecule has 108 valence electrons. The van der Waals surface area contributed by atoms with E-state index >= 15 is 0 Å². The van der Waals surface area contributed by atoms with Crippen molar-refractivity contribution in [2.45, 2.75) is 9.37 Å². The van der Waals surface area contributed by atoms with E-state index in [-0.39, 0.29) is 0 Å². The van der Waals surface area contributed by atoms with E-state index in [0.29, 0.717) is 0 Å². The van der Waals surface area contributed by atoms with Gasteiger partial charge in [-0.1, -0.05) is 29.5 Å². The van der Waals surface area contributed by atoms with Crippen LogP contribution in [0, 0.1) is 0 Å². The number of hydrogen-bond donors (Lipinski definition) is 1. The molecule has 0 unspecified atom stereocenters. The molecule has 8 heteroatoms. The zero-order chi connectivity index (χ0) is 14.8. The van der Waals surface area contributed by atoms with Crippen LogP contribution >= 0.6 is 34.4 Å². The van der Waals surface area contributed by atoms with Crippen LogP contribution in [-0.4, -0.2) is 20.2 Å². The Kier molecular flexibility index (Phi) is 3.71. The molecule has 5 nitrogen and oxygen atoms in total. The van der Waals surface area contributed by atoms with Gasteiger partial charge in [0.1, 0.15) is 16.2 Å². The summed E-state index contributed by atoms with van der Waals surface area (Å²) in [4.78, 5) is 9.59. The number of nitrogens with one attached hydrogen (secondary N) is 1. The lowest BCUT2D eigenvalue weighted by atomic mass is 10.3. The molecule has 0 radical (unpaired) electrons. The topological polar surface area (TPSA) is 63.6 Å². The minimum Gasteiger partial charge on any atom is -0.330 e. The number of hydrogen-bond acceptors (Lipinski definition) is 8. The lowest BCUT2D eigenvalue weighted by Crippen LogP contribution is -1.87. The molecule has 0 spiro atoms. The van der Waals surface area contributed by atoms with Crippen molar-refractivity contribution in [2.75, 3.05) is 5.32 Å². The van der Waals surface area contributed by atoms with E-state index < -0.39 is 0 Å². The molecule has 0 saturated heterocycles. The molecule has 0 aliphatic heterocycles. The highest BCUT2D eigenvalue weighted by Crippen LogP contribution is 2.35. The van der Waals surface area contributed by atoms with Crippen LogP contribution in [0.25, 0.3) is 10.2 Å². The van der Waals surface area contributed by atoms with Crippen molar-refractivity contribution >= 4 is 55.5 Å². The Morgan fingerprint density at radius 1 is 1.00 bits per heavy atom. The quantitative estimate of drug-likeness (QED) is 0.553. The van der Waals surface area contributed by atoms with E-state index in [9.17, 15) is 0 Å². The summed E-state index contributed by atoms with van der Waals surface area (Å²) in [5.41, 5.74) is 0.998. The Morgan fingerprint density at radius 3 is 2.82 bits per heavy atom. The fourth-order valence-electron chi connectivity index (χ4n) is 1.88. The molecular weight excluding hydrogens is 334 g/mol. The van der Waals surface area contributed by atoms with E-state index in [1.807, 2.05) is 41.8 Å². The Labute approximate surface area is 138 Å². The fraction of sp³-hybridized carbons (Fsp3) is 0. The SMILES string of the molecule is c1ccc(Nc2nnc(Sc3ncnc4sccc34)s2)cc1. The maximum atomic E-state index is 4.34. The first kappa shape index (κ1) is 13.6. The highest BCUT2D eigenvalue weighted by molar-refractivity contribution is 8.01. The summed E-state index contributed by atoms with van der Waals surface area (Å²) < 4.78 is 0.852. The molecule has 1 aromatic carbocycles. The van der Waals surface area contributed by atoms with Crippen molar-refractivity contribution in [3.8, 4) is 0 Å². The number of rotatable bonds is 4. The number of anilines is 2. The molecule has 0 atom stereocenters. The molecule has 0 amide bonds. The standard InChI is InChI=1S/C14H9N5S3/c1-2-4-9(5-3-1)17-13-18-19-14(22-13)21-12-10-6-7-20-11(10)15-8-16-12/h1-8H,(H,17,18). The van der Waals surface area contributed by atoms with Crippen LogP contribution in [0.1, 0.15) is 0 Å². The van der Waals surface area contributed by atoms with Gasteiger partial charge in [-0.2, -0.15) is 0 Å².